The Labute approximate surface area is 84.8 Å². The maximum Gasteiger partial charge on any atom is 0.171 e. The molecular weight excluding hydrogens is 180 g/mol. The highest BCUT2D eigenvalue weighted by atomic mass is 16.7. The molecule has 1 aliphatic carbocycles. The molecule has 3 nitrogen and oxygen atoms in total. The van der Waals surface area contributed by atoms with Gasteiger partial charge in [-0.3, -0.25) is 0 Å². The number of rotatable bonds is 4. The van der Waals surface area contributed by atoms with Crippen molar-refractivity contribution in [2.75, 3.05) is 13.2 Å². The van der Waals surface area contributed by atoms with Crippen LogP contribution in [-0.4, -0.2) is 24.8 Å². The second-order valence-electron chi connectivity index (χ2n) is 4.62. The van der Waals surface area contributed by atoms with Crippen molar-refractivity contribution in [2.45, 2.75) is 45.3 Å². The normalized spacial score (nSPS) is 27.6. The van der Waals surface area contributed by atoms with Gasteiger partial charge in [-0.2, -0.15) is 0 Å². The van der Waals surface area contributed by atoms with Gasteiger partial charge in [-0.05, 0) is 33.1 Å². The van der Waals surface area contributed by atoms with E-state index < -0.39 is 5.79 Å². The van der Waals surface area contributed by atoms with E-state index in [-0.39, 0.29) is 11.2 Å². The van der Waals surface area contributed by atoms with Gasteiger partial charge in [0.1, 0.15) is 5.78 Å². The molecule has 1 aliphatic heterocycles. The summed E-state index contributed by atoms with van der Waals surface area (Å²) in [5, 5.41) is 0. The van der Waals surface area contributed by atoms with Crippen molar-refractivity contribution in [3.05, 3.63) is 0 Å². The molecule has 0 bridgehead atoms. The molecule has 0 aromatic carbocycles. The molecule has 0 N–H and O–H groups in total. The number of ketones is 1. The Hall–Kier alpha value is -0.410. The fourth-order valence-corrected chi connectivity index (χ4v) is 2.32. The third-order valence-electron chi connectivity index (χ3n) is 3.61. The first kappa shape index (κ1) is 10.1. The van der Waals surface area contributed by atoms with E-state index in [1.54, 1.807) is 6.92 Å². The quantitative estimate of drug-likeness (QED) is 0.692. The summed E-state index contributed by atoms with van der Waals surface area (Å²) in [6, 6.07) is 0. The van der Waals surface area contributed by atoms with Gasteiger partial charge in [0.25, 0.3) is 0 Å². The van der Waals surface area contributed by atoms with Crippen LogP contribution in [0.25, 0.3) is 0 Å². The zero-order chi connectivity index (χ0) is 10.2. The molecule has 2 rings (SSSR count). The Kier molecular flexibility index (Phi) is 2.40. The van der Waals surface area contributed by atoms with E-state index in [2.05, 4.69) is 0 Å². The van der Waals surface area contributed by atoms with E-state index >= 15 is 0 Å². The Morgan fingerprint density at radius 2 is 1.86 bits per heavy atom. The largest absolute Gasteiger partial charge is 0.347 e. The highest BCUT2D eigenvalue weighted by Crippen LogP contribution is 2.60. The predicted molar refractivity (Wildman–Crippen MR) is 51.9 cm³/mol. The molecule has 0 aromatic rings. The van der Waals surface area contributed by atoms with Gasteiger partial charge in [0, 0.05) is 11.8 Å². The van der Waals surface area contributed by atoms with Crippen LogP contribution in [0.3, 0.4) is 0 Å². The molecule has 1 saturated heterocycles. The van der Waals surface area contributed by atoms with Crippen molar-refractivity contribution in [1.82, 2.24) is 0 Å². The van der Waals surface area contributed by atoms with Gasteiger partial charge in [0.15, 0.2) is 5.79 Å². The minimum atomic E-state index is -0.414. The standard InChI is InChI=1S/C11H18O3/c1-9(12)3-4-11(5-6-11)10(2)13-7-8-14-10/h3-8H2,1-2H3. The van der Waals surface area contributed by atoms with Crippen LogP contribution in [0.2, 0.25) is 0 Å². The van der Waals surface area contributed by atoms with Crippen molar-refractivity contribution in [2.24, 2.45) is 5.41 Å². The fourth-order valence-electron chi connectivity index (χ4n) is 2.32. The average molecular weight is 198 g/mol. The van der Waals surface area contributed by atoms with Crippen LogP contribution in [0.5, 0.6) is 0 Å². The molecule has 0 amide bonds. The lowest BCUT2D eigenvalue weighted by Gasteiger charge is -2.32. The molecule has 0 spiro atoms. The van der Waals surface area contributed by atoms with E-state index in [1.165, 1.54) is 0 Å². The van der Waals surface area contributed by atoms with Gasteiger partial charge in [-0.1, -0.05) is 0 Å². The minimum Gasteiger partial charge on any atom is -0.347 e. The first-order chi connectivity index (χ1) is 6.58. The Balaban J connectivity index is 1.97. The Bertz CT molecular complexity index is 237. The van der Waals surface area contributed by atoms with Crippen LogP contribution in [0.1, 0.15) is 39.5 Å². The monoisotopic (exact) mass is 198 g/mol. The average Bonchev–Trinajstić information content (AvgIpc) is 2.81. The highest BCUT2D eigenvalue weighted by molar-refractivity contribution is 5.75. The van der Waals surface area contributed by atoms with E-state index in [4.69, 9.17) is 9.47 Å². The maximum absolute atomic E-state index is 11.0. The van der Waals surface area contributed by atoms with Crippen molar-refractivity contribution in [1.29, 1.82) is 0 Å². The topological polar surface area (TPSA) is 35.5 Å². The third kappa shape index (κ3) is 1.59. The summed E-state index contributed by atoms with van der Waals surface area (Å²) in [5.74, 6) is -0.152. The lowest BCUT2D eigenvalue weighted by Crippen LogP contribution is -2.37. The molecular formula is C11H18O3. The molecule has 80 valence electrons. The number of carbonyl (C=O) groups excluding carboxylic acids is 1. The van der Waals surface area contributed by atoms with Crippen molar-refractivity contribution in [3.63, 3.8) is 0 Å². The van der Waals surface area contributed by atoms with E-state index in [9.17, 15) is 4.79 Å². The summed E-state index contributed by atoms with van der Waals surface area (Å²) in [6.07, 6.45) is 3.84. The number of Topliss-reactive ketones (excluding diaryl/α,β-unsaturated/α-hetero) is 1. The zero-order valence-electron chi connectivity index (χ0n) is 8.97. The lowest BCUT2D eigenvalue weighted by molar-refractivity contribution is -0.194. The minimum absolute atomic E-state index is 0.134. The lowest BCUT2D eigenvalue weighted by atomic mass is 9.90. The van der Waals surface area contributed by atoms with Crippen LogP contribution in [0.4, 0.5) is 0 Å². The summed E-state index contributed by atoms with van der Waals surface area (Å²) in [6.45, 7) is 5.05. The number of ether oxygens (including phenoxy) is 2. The van der Waals surface area contributed by atoms with Gasteiger partial charge in [-0.25, -0.2) is 0 Å². The molecule has 0 aromatic heterocycles. The van der Waals surface area contributed by atoms with Crippen LogP contribution in [0.15, 0.2) is 0 Å². The SMILES string of the molecule is CC(=O)CCC1(C2(C)OCCO2)CC1. The Morgan fingerprint density at radius 1 is 1.29 bits per heavy atom. The number of hydrogen-bond acceptors (Lipinski definition) is 3. The van der Waals surface area contributed by atoms with Gasteiger partial charge in [0.2, 0.25) is 0 Å². The molecule has 3 heteroatoms. The molecule has 2 aliphatic rings. The van der Waals surface area contributed by atoms with Crippen LogP contribution >= 0.6 is 0 Å². The second-order valence-corrected chi connectivity index (χ2v) is 4.62. The van der Waals surface area contributed by atoms with Crippen molar-refractivity contribution >= 4 is 5.78 Å². The molecule has 0 unspecified atom stereocenters. The zero-order valence-corrected chi connectivity index (χ0v) is 8.97. The molecule has 0 atom stereocenters. The summed E-state index contributed by atoms with van der Waals surface area (Å²) < 4.78 is 11.3. The summed E-state index contributed by atoms with van der Waals surface area (Å²) >= 11 is 0. The first-order valence-electron chi connectivity index (χ1n) is 5.35. The van der Waals surface area contributed by atoms with Gasteiger partial charge in [0.05, 0.1) is 13.2 Å². The number of hydrogen-bond donors (Lipinski definition) is 0. The van der Waals surface area contributed by atoms with E-state index in [0.29, 0.717) is 19.6 Å². The molecule has 2 fully saturated rings. The molecule has 1 saturated carbocycles. The highest BCUT2D eigenvalue weighted by Gasteiger charge is 2.59. The summed E-state index contributed by atoms with van der Waals surface area (Å²) in [7, 11) is 0. The van der Waals surface area contributed by atoms with Crippen LogP contribution < -0.4 is 0 Å². The van der Waals surface area contributed by atoms with E-state index in [1.807, 2.05) is 6.92 Å². The first-order valence-corrected chi connectivity index (χ1v) is 5.35. The summed E-state index contributed by atoms with van der Waals surface area (Å²) in [4.78, 5) is 11.0. The van der Waals surface area contributed by atoms with E-state index in [0.717, 1.165) is 19.3 Å². The molecule has 0 radical (unpaired) electrons. The summed E-state index contributed by atoms with van der Waals surface area (Å²) in [5.41, 5.74) is 0.134. The van der Waals surface area contributed by atoms with Gasteiger partial charge < -0.3 is 14.3 Å². The van der Waals surface area contributed by atoms with Crippen molar-refractivity contribution < 1.29 is 14.3 Å². The van der Waals surface area contributed by atoms with Gasteiger partial charge >= 0.3 is 0 Å². The van der Waals surface area contributed by atoms with Gasteiger partial charge in [-0.15, -0.1) is 0 Å². The molecule has 14 heavy (non-hydrogen) atoms. The maximum atomic E-state index is 11.0. The second kappa shape index (κ2) is 3.31. The fraction of sp³-hybridized carbons (Fsp3) is 0.909. The van der Waals surface area contributed by atoms with Crippen LogP contribution in [-0.2, 0) is 14.3 Å². The van der Waals surface area contributed by atoms with Crippen LogP contribution in [0, 0.1) is 5.41 Å². The van der Waals surface area contributed by atoms with Crippen molar-refractivity contribution in [3.8, 4) is 0 Å². The number of carbonyl (C=O) groups is 1. The third-order valence-corrected chi connectivity index (χ3v) is 3.61. The smallest absolute Gasteiger partial charge is 0.171 e. The Morgan fingerprint density at radius 3 is 2.29 bits per heavy atom. The predicted octanol–water partition coefficient (Wildman–Crippen LogP) is 1.90. The molecule has 1 heterocycles.